The van der Waals surface area contributed by atoms with Gasteiger partial charge in [0.1, 0.15) is 0 Å². The summed E-state index contributed by atoms with van der Waals surface area (Å²) < 4.78 is 0. The highest BCUT2D eigenvalue weighted by Crippen LogP contribution is 2.16. The fourth-order valence-electron chi connectivity index (χ4n) is 0.969. The molecular formula is C9H16N2O2S. The maximum Gasteiger partial charge on any atom is 0.0973 e. The van der Waals surface area contributed by atoms with Crippen LogP contribution in [-0.2, 0) is 0 Å². The highest BCUT2D eigenvalue weighted by Gasteiger charge is 2.19. The summed E-state index contributed by atoms with van der Waals surface area (Å²) in [6.07, 6.45) is 1.80. The Morgan fingerprint density at radius 1 is 1.71 bits per heavy atom. The van der Waals surface area contributed by atoms with Crippen LogP contribution in [0.5, 0.6) is 0 Å². The van der Waals surface area contributed by atoms with E-state index >= 15 is 0 Å². The SMILES string of the molecule is CC(NCC(C)(O)CO)c1cncs1. The molecule has 0 spiro atoms. The van der Waals surface area contributed by atoms with Crippen LogP contribution in [0.15, 0.2) is 11.7 Å². The number of aliphatic hydroxyl groups is 2. The molecule has 3 N–H and O–H groups in total. The van der Waals surface area contributed by atoms with Gasteiger partial charge in [-0.15, -0.1) is 11.3 Å². The maximum absolute atomic E-state index is 9.54. The van der Waals surface area contributed by atoms with Crippen molar-refractivity contribution in [2.24, 2.45) is 0 Å². The second-order valence-corrected chi connectivity index (χ2v) is 4.58. The number of rotatable bonds is 5. The molecule has 2 unspecified atom stereocenters. The molecule has 0 aliphatic carbocycles. The first-order chi connectivity index (χ1) is 6.55. The van der Waals surface area contributed by atoms with Crippen LogP contribution >= 0.6 is 11.3 Å². The van der Waals surface area contributed by atoms with Crippen molar-refractivity contribution in [3.8, 4) is 0 Å². The first kappa shape index (κ1) is 11.6. The van der Waals surface area contributed by atoms with E-state index in [2.05, 4.69) is 10.3 Å². The van der Waals surface area contributed by atoms with Crippen LogP contribution in [0, 0.1) is 0 Å². The summed E-state index contributed by atoms with van der Waals surface area (Å²) in [5.41, 5.74) is 0.719. The predicted molar refractivity (Wildman–Crippen MR) is 56.2 cm³/mol. The lowest BCUT2D eigenvalue weighted by molar-refractivity contribution is 0.00112. The number of hydrogen-bond acceptors (Lipinski definition) is 5. The highest BCUT2D eigenvalue weighted by molar-refractivity contribution is 7.09. The standard InChI is InChI=1S/C9H16N2O2S/c1-7(8-3-10-6-14-8)11-4-9(2,13)5-12/h3,6-7,11-13H,4-5H2,1-2H3. The lowest BCUT2D eigenvalue weighted by Crippen LogP contribution is -2.41. The molecule has 4 nitrogen and oxygen atoms in total. The van der Waals surface area contributed by atoms with Crippen molar-refractivity contribution in [3.63, 3.8) is 0 Å². The Kier molecular flexibility index (Phi) is 4.00. The van der Waals surface area contributed by atoms with E-state index in [1.165, 1.54) is 0 Å². The number of thiazole rings is 1. The molecule has 0 aromatic carbocycles. The zero-order valence-corrected chi connectivity index (χ0v) is 9.21. The minimum absolute atomic E-state index is 0.153. The van der Waals surface area contributed by atoms with Crippen LogP contribution in [-0.4, -0.2) is 33.9 Å². The molecule has 2 atom stereocenters. The van der Waals surface area contributed by atoms with Crippen LogP contribution in [0.2, 0.25) is 0 Å². The molecule has 1 heterocycles. The molecule has 5 heteroatoms. The second-order valence-electron chi connectivity index (χ2n) is 3.66. The van der Waals surface area contributed by atoms with Gasteiger partial charge in [0.15, 0.2) is 0 Å². The first-order valence-corrected chi connectivity index (χ1v) is 5.38. The monoisotopic (exact) mass is 216 g/mol. The molecule has 1 rings (SSSR count). The molecule has 0 saturated carbocycles. The van der Waals surface area contributed by atoms with Gasteiger partial charge in [0.2, 0.25) is 0 Å². The van der Waals surface area contributed by atoms with E-state index in [0.717, 1.165) is 4.88 Å². The van der Waals surface area contributed by atoms with Crippen molar-refractivity contribution in [1.82, 2.24) is 10.3 Å². The van der Waals surface area contributed by atoms with Gasteiger partial charge in [-0.3, -0.25) is 4.98 Å². The third-order valence-electron chi connectivity index (χ3n) is 2.01. The lowest BCUT2D eigenvalue weighted by Gasteiger charge is -2.23. The Balaban J connectivity index is 2.39. The molecule has 1 aromatic rings. The van der Waals surface area contributed by atoms with Crippen LogP contribution in [0.4, 0.5) is 0 Å². The third-order valence-corrected chi connectivity index (χ3v) is 2.97. The lowest BCUT2D eigenvalue weighted by atomic mass is 10.1. The third kappa shape index (κ3) is 3.34. The Hall–Kier alpha value is -0.490. The van der Waals surface area contributed by atoms with E-state index in [1.807, 2.05) is 6.92 Å². The van der Waals surface area contributed by atoms with Gasteiger partial charge in [0, 0.05) is 23.7 Å². The number of nitrogens with zero attached hydrogens (tertiary/aromatic N) is 1. The van der Waals surface area contributed by atoms with Crippen LogP contribution in [0.1, 0.15) is 24.8 Å². The van der Waals surface area contributed by atoms with E-state index in [4.69, 9.17) is 5.11 Å². The molecule has 0 bridgehead atoms. The summed E-state index contributed by atoms with van der Waals surface area (Å²) in [6, 6.07) is 0.153. The van der Waals surface area contributed by atoms with Crippen molar-refractivity contribution in [2.45, 2.75) is 25.5 Å². The molecule has 0 amide bonds. The van der Waals surface area contributed by atoms with E-state index in [-0.39, 0.29) is 12.6 Å². The average molecular weight is 216 g/mol. The van der Waals surface area contributed by atoms with Crippen molar-refractivity contribution in [2.75, 3.05) is 13.2 Å². The van der Waals surface area contributed by atoms with Crippen LogP contribution in [0.25, 0.3) is 0 Å². The van der Waals surface area contributed by atoms with Gasteiger partial charge in [-0.2, -0.15) is 0 Å². The zero-order valence-electron chi connectivity index (χ0n) is 8.40. The van der Waals surface area contributed by atoms with Crippen molar-refractivity contribution < 1.29 is 10.2 Å². The summed E-state index contributed by atoms with van der Waals surface area (Å²) in [7, 11) is 0. The van der Waals surface area contributed by atoms with E-state index < -0.39 is 5.60 Å². The Morgan fingerprint density at radius 3 is 2.93 bits per heavy atom. The minimum Gasteiger partial charge on any atom is -0.393 e. The van der Waals surface area contributed by atoms with Gasteiger partial charge in [-0.05, 0) is 13.8 Å². The summed E-state index contributed by atoms with van der Waals surface area (Å²) in [5, 5.41) is 21.5. The van der Waals surface area contributed by atoms with Crippen molar-refractivity contribution >= 4 is 11.3 Å². The normalized spacial score (nSPS) is 17.7. The second kappa shape index (κ2) is 4.84. The molecule has 0 saturated heterocycles. The molecule has 80 valence electrons. The number of nitrogens with one attached hydrogen (secondary N) is 1. The fourth-order valence-corrected chi connectivity index (χ4v) is 1.62. The van der Waals surface area contributed by atoms with Gasteiger partial charge in [-0.25, -0.2) is 0 Å². The molecule has 0 radical (unpaired) electrons. The van der Waals surface area contributed by atoms with Crippen molar-refractivity contribution in [3.05, 3.63) is 16.6 Å². The molecule has 0 aliphatic heterocycles. The Labute approximate surface area is 87.6 Å². The minimum atomic E-state index is -1.06. The van der Waals surface area contributed by atoms with Gasteiger partial charge in [-0.1, -0.05) is 0 Å². The number of aromatic nitrogens is 1. The van der Waals surface area contributed by atoms with Crippen LogP contribution in [0.3, 0.4) is 0 Å². The van der Waals surface area contributed by atoms with E-state index in [9.17, 15) is 5.11 Å². The Morgan fingerprint density at radius 2 is 2.43 bits per heavy atom. The first-order valence-electron chi connectivity index (χ1n) is 4.50. The molecular weight excluding hydrogens is 200 g/mol. The zero-order chi connectivity index (χ0) is 10.6. The summed E-state index contributed by atoms with van der Waals surface area (Å²) >= 11 is 1.57. The summed E-state index contributed by atoms with van der Waals surface area (Å²) in [6.45, 7) is 3.72. The predicted octanol–water partition coefficient (Wildman–Crippen LogP) is 0.537. The van der Waals surface area contributed by atoms with Crippen molar-refractivity contribution in [1.29, 1.82) is 0 Å². The molecule has 14 heavy (non-hydrogen) atoms. The highest BCUT2D eigenvalue weighted by atomic mass is 32.1. The smallest absolute Gasteiger partial charge is 0.0973 e. The summed E-state index contributed by atoms with van der Waals surface area (Å²) in [4.78, 5) is 5.10. The molecule has 0 fully saturated rings. The van der Waals surface area contributed by atoms with Gasteiger partial charge in [0.25, 0.3) is 0 Å². The van der Waals surface area contributed by atoms with E-state index in [0.29, 0.717) is 6.54 Å². The fraction of sp³-hybridized carbons (Fsp3) is 0.667. The maximum atomic E-state index is 9.54. The quantitative estimate of drug-likeness (QED) is 0.672. The Bertz CT molecular complexity index is 262. The summed E-state index contributed by atoms with van der Waals surface area (Å²) in [5.74, 6) is 0. The van der Waals surface area contributed by atoms with Gasteiger partial charge >= 0.3 is 0 Å². The number of hydrogen-bond donors (Lipinski definition) is 3. The molecule has 1 aromatic heterocycles. The van der Waals surface area contributed by atoms with Gasteiger partial charge < -0.3 is 15.5 Å². The average Bonchev–Trinajstić information content (AvgIpc) is 2.67. The topological polar surface area (TPSA) is 65.4 Å². The van der Waals surface area contributed by atoms with Crippen LogP contribution < -0.4 is 5.32 Å². The largest absolute Gasteiger partial charge is 0.393 e. The molecule has 0 aliphatic rings. The van der Waals surface area contributed by atoms with Gasteiger partial charge in [0.05, 0.1) is 17.7 Å². The van der Waals surface area contributed by atoms with E-state index in [1.54, 1.807) is 30.0 Å². The number of aliphatic hydroxyl groups excluding tert-OH is 1.